The molecule has 0 aliphatic rings. The Hall–Kier alpha value is -2.24. The van der Waals surface area contributed by atoms with Gasteiger partial charge in [-0.05, 0) is 25.1 Å². The molecule has 0 aromatic heterocycles. The number of ether oxygens (including phenoxy) is 1. The molecule has 0 radical (unpaired) electrons. The van der Waals surface area contributed by atoms with E-state index in [9.17, 15) is 9.59 Å². The second kappa shape index (κ2) is 5.20. The van der Waals surface area contributed by atoms with Gasteiger partial charge in [-0.3, -0.25) is 4.79 Å². The molecule has 0 fully saturated rings. The lowest BCUT2D eigenvalue weighted by Gasteiger charge is -2.13. The molecule has 1 aromatic carbocycles. The molecule has 0 aliphatic heterocycles. The second-order valence-corrected chi connectivity index (χ2v) is 3.42. The third-order valence-corrected chi connectivity index (χ3v) is 2.20. The number of aromatic carboxylic acids is 1. The largest absolute Gasteiger partial charge is 0.497 e. The van der Waals surface area contributed by atoms with Crippen molar-refractivity contribution in [2.75, 3.05) is 12.4 Å². The lowest BCUT2D eigenvalue weighted by Crippen LogP contribution is -2.26. The lowest BCUT2D eigenvalue weighted by molar-refractivity contribution is -0.137. The number of carboxylic acids is 2. The lowest BCUT2D eigenvalue weighted by atomic mass is 10.1. The predicted octanol–water partition coefficient (Wildman–Crippen LogP) is 1.28. The van der Waals surface area contributed by atoms with Crippen molar-refractivity contribution in [3.8, 4) is 5.75 Å². The van der Waals surface area contributed by atoms with Crippen molar-refractivity contribution in [3.63, 3.8) is 0 Å². The van der Waals surface area contributed by atoms with Crippen molar-refractivity contribution in [2.24, 2.45) is 0 Å². The number of rotatable bonds is 5. The maximum atomic E-state index is 11.0. The van der Waals surface area contributed by atoms with Crippen LogP contribution in [0, 0.1) is 0 Å². The molecule has 3 N–H and O–H groups in total. The van der Waals surface area contributed by atoms with Gasteiger partial charge in [-0.15, -0.1) is 0 Å². The van der Waals surface area contributed by atoms with E-state index in [-0.39, 0.29) is 11.3 Å². The van der Waals surface area contributed by atoms with Gasteiger partial charge in [-0.1, -0.05) is 0 Å². The zero-order valence-corrected chi connectivity index (χ0v) is 9.43. The van der Waals surface area contributed by atoms with E-state index in [0.29, 0.717) is 5.75 Å². The van der Waals surface area contributed by atoms with Crippen LogP contribution in [-0.4, -0.2) is 35.3 Å². The van der Waals surface area contributed by atoms with E-state index < -0.39 is 18.0 Å². The molecular formula is C11H13NO5. The predicted molar refractivity (Wildman–Crippen MR) is 60.7 cm³/mol. The van der Waals surface area contributed by atoms with E-state index in [0.717, 1.165) is 0 Å². The van der Waals surface area contributed by atoms with E-state index in [1.165, 1.54) is 26.2 Å². The number of anilines is 1. The Labute approximate surface area is 97.8 Å². The minimum atomic E-state index is -1.15. The topological polar surface area (TPSA) is 95.9 Å². The molecule has 6 nitrogen and oxygen atoms in total. The van der Waals surface area contributed by atoms with Crippen molar-refractivity contribution in [1.82, 2.24) is 0 Å². The molecule has 17 heavy (non-hydrogen) atoms. The fraction of sp³-hybridized carbons (Fsp3) is 0.273. The minimum absolute atomic E-state index is 0.0301. The van der Waals surface area contributed by atoms with Gasteiger partial charge in [0.1, 0.15) is 11.8 Å². The van der Waals surface area contributed by atoms with E-state index >= 15 is 0 Å². The summed E-state index contributed by atoms with van der Waals surface area (Å²) < 4.78 is 4.91. The van der Waals surface area contributed by atoms with Gasteiger partial charge >= 0.3 is 11.9 Å². The molecular weight excluding hydrogens is 226 g/mol. The molecule has 0 amide bonds. The highest BCUT2D eigenvalue weighted by Crippen LogP contribution is 2.22. The summed E-state index contributed by atoms with van der Waals surface area (Å²) in [5.74, 6) is -1.81. The molecule has 1 aromatic rings. The Morgan fingerprint density at radius 3 is 2.47 bits per heavy atom. The Balaban J connectivity index is 3.06. The number of carboxylic acid groups (broad SMARTS) is 2. The molecule has 0 bridgehead atoms. The summed E-state index contributed by atoms with van der Waals surface area (Å²) >= 11 is 0. The van der Waals surface area contributed by atoms with Crippen LogP contribution in [0.25, 0.3) is 0 Å². The van der Waals surface area contributed by atoms with Crippen LogP contribution in [0.3, 0.4) is 0 Å². The van der Waals surface area contributed by atoms with Gasteiger partial charge in [0.15, 0.2) is 0 Å². The first kappa shape index (κ1) is 12.8. The molecule has 1 rings (SSSR count). The summed E-state index contributed by atoms with van der Waals surface area (Å²) in [6.45, 7) is 1.43. The standard InChI is InChI=1S/C11H13NO5/c1-6(10(13)14)12-9-4-3-7(17-2)5-8(9)11(15)16/h3-6,12H,1-2H3,(H,13,14)(H,15,16). The average molecular weight is 239 g/mol. The van der Waals surface area contributed by atoms with Gasteiger partial charge in [0.05, 0.1) is 12.7 Å². The Morgan fingerprint density at radius 1 is 1.35 bits per heavy atom. The fourth-order valence-electron chi connectivity index (χ4n) is 1.25. The highest BCUT2D eigenvalue weighted by Gasteiger charge is 2.16. The molecule has 6 heteroatoms. The first-order chi connectivity index (χ1) is 7.95. The van der Waals surface area contributed by atoms with Gasteiger partial charge < -0.3 is 20.3 Å². The van der Waals surface area contributed by atoms with Crippen molar-refractivity contribution >= 4 is 17.6 Å². The van der Waals surface area contributed by atoms with Gasteiger partial charge in [-0.2, -0.15) is 0 Å². The van der Waals surface area contributed by atoms with Gasteiger partial charge in [0, 0.05) is 5.69 Å². The number of hydrogen-bond acceptors (Lipinski definition) is 4. The number of nitrogens with one attached hydrogen (secondary N) is 1. The molecule has 0 spiro atoms. The first-order valence-electron chi connectivity index (χ1n) is 4.86. The number of benzene rings is 1. The summed E-state index contributed by atoms with van der Waals surface area (Å²) in [5.41, 5.74) is 0.214. The van der Waals surface area contributed by atoms with Crippen molar-refractivity contribution < 1.29 is 24.5 Å². The summed E-state index contributed by atoms with van der Waals surface area (Å²) in [7, 11) is 1.42. The van der Waals surface area contributed by atoms with Crippen LogP contribution in [0.1, 0.15) is 17.3 Å². The molecule has 92 valence electrons. The van der Waals surface area contributed by atoms with Gasteiger partial charge in [0.25, 0.3) is 0 Å². The molecule has 0 aliphatic carbocycles. The highest BCUT2D eigenvalue weighted by molar-refractivity contribution is 5.95. The normalized spacial score (nSPS) is 11.6. The van der Waals surface area contributed by atoms with Gasteiger partial charge in [0.2, 0.25) is 0 Å². The van der Waals surface area contributed by atoms with Crippen molar-refractivity contribution in [3.05, 3.63) is 23.8 Å². The first-order valence-corrected chi connectivity index (χ1v) is 4.86. The van der Waals surface area contributed by atoms with Crippen LogP contribution < -0.4 is 10.1 Å². The van der Waals surface area contributed by atoms with Crippen LogP contribution in [0.4, 0.5) is 5.69 Å². The highest BCUT2D eigenvalue weighted by atomic mass is 16.5. The third-order valence-electron chi connectivity index (χ3n) is 2.20. The maximum Gasteiger partial charge on any atom is 0.337 e. The third kappa shape index (κ3) is 3.10. The Kier molecular flexibility index (Phi) is 3.92. The molecule has 0 saturated carbocycles. The molecule has 1 unspecified atom stereocenters. The fourth-order valence-corrected chi connectivity index (χ4v) is 1.25. The SMILES string of the molecule is COc1ccc(NC(C)C(=O)O)c(C(=O)O)c1. The molecule has 1 atom stereocenters. The number of hydrogen-bond donors (Lipinski definition) is 3. The van der Waals surface area contributed by atoms with Crippen LogP contribution in [0.2, 0.25) is 0 Å². The number of carbonyl (C=O) groups is 2. The van der Waals surface area contributed by atoms with E-state index in [1.54, 1.807) is 6.07 Å². The van der Waals surface area contributed by atoms with Gasteiger partial charge in [-0.25, -0.2) is 4.79 Å². The van der Waals surface area contributed by atoms with Crippen molar-refractivity contribution in [2.45, 2.75) is 13.0 Å². The van der Waals surface area contributed by atoms with Crippen molar-refractivity contribution in [1.29, 1.82) is 0 Å². The summed E-state index contributed by atoms with van der Waals surface area (Å²) in [6.07, 6.45) is 0. The maximum absolute atomic E-state index is 11.0. The van der Waals surface area contributed by atoms with E-state index in [2.05, 4.69) is 5.32 Å². The van der Waals surface area contributed by atoms with Crippen LogP contribution in [0.5, 0.6) is 5.75 Å². The summed E-state index contributed by atoms with van der Waals surface area (Å²) in [4.78, 5) is 21.7. The van der Waals surface area contributed by atoms with E-state index in [4.69, 9.17) is 14.9 Å². The minimum Gasteiger partial charge on any atom is -0.497 e. The average Bonchev–Trinajstić information content (AvgIpc) is 2.29. The zero-order valence-electron chi connectivity index (χ0n) is 9.43. The second-order valence-electron chi connectivity index (χ2n) is 3.42. The van der Waals surface area contributed by atoms with Crippen LogP contribution in [-0.2, 0) is 4.79 Å². The smallest absolute Gasteiger partial charge is 0.337 e. The zero-order chi connectivity index (χ0) is 13.0. The Bertz CT molecular complexity index is 443. The van der Waals surface area contributed by atoms with Crippen LogP contribution >= 0.6 is 0 Å². The summed E-state index contributed by atoms with van der Waals surface area (Å²) in [5, 5.41) is 20.3. The number of methoxy groups -OCH3 is 1. The quantitative estimate of drug-likeness (QED) is 0.716. The monoisotopic (exact) mass is 239 g/mol. The number of aliphatic carboxylic acids is 1. The van der Waals surface area contributed by atoms with E-state index in [1.807, 2.05) is 0 Å². The summed E-state index contributed by atoms with van der Waals surface area (Å²) in [6, 6.07) is 3.49. The van der Waals surface area contributed by atoms with Crippen LogP contribution in [0.15, 0.2) is 18.2 Å². The molecule has 0 heterocycles. The molecule has 0 saturated heterocycles. The Morgan fingerprint density at radius 2 is 2.00 bits per heavy atom.